The van der Waals surface area contributed by atoms with E-state index in [1.165, 1.54) is 24.3 Å². The van der Waals surface area contributed by atoms with Crippen LogP contribution in [-0.2, 0) is 6.54 Å². The third-order valence-electron chi connectivity index (χ3n) is 3.29. The van der Waals surface area contributed by atoms with Crippen LogP contribution in [0, 0.1) is 0 Å². The minimum absolute atomic E-state index is 0.0596. The van der Waals surface area contributed by atoms with Crippen molar-refractivity contribution in [3.8, 4) is 34.3 Å². The van der Waals surface area contributed by atoms with E-state index in [0.717, 1.165) is 0 Å². The van der Waals surface area contributed by atoms with Crippen molar-refractivity contribution < 1.29 is 23.4 Å². The molecule has 0 aliphatic carbocycles. The third-order valence-corrected chi connectivity index (χ3v) is 3.29. The van der Waals surface area contributed by atoms with Crippen molar-refractivity contribution >= 4 is 0 Å². The molecule has 8 heteroatoms. The first-order valence-electron chi connectivity index (χ1n) is 6.93. The van der Waals surface area contributed by atoms with Gasteiger partial charge < -0.3 is 10.2 Å². The van der Waals surface area contributed by atoms with Gasteiger partial charge >= 0.3 is 6.18 Å². The lowest BCUT2D eigenvalue weighted by Crippen LogP contribution is -2.19. The summed E-state index contributed by atoms with van der Waals surface area (Å²) in [5.41, 5.74) is 0.325. The first-order chi connectivity index (χ1) is 11.3. The lowest BCUT2D eigenvalue weighted by Gasteiger charge is -2.09. The van der Waals surface area contributed by atoms with Gasteiger partial charge in [-0.25, -0.2) is 9.67 Å². The Kier molecular flexibility index (Phi) is 3.88. The minimum Gasteiger partial charge on any atom is -0.507 e. The maximum absolute atomic E-state index is 12.8. The van der Waals surface area contributed by atoms with Gasteiger partial charge in [0.05, 0.1) is 11.1 Å². The van der Waals surface area contributed by atoms with Crippen LogP contribution in [0.4, 0.5) is 13.2 Å². The highest BCUT2D eigenvalue weighted by Gasteiger charge is 2.31. The van der Waals surface area contributed by atoms with Gasteiger partial charge in [0.25, 0.3) is 0 Å². The average molecular weight is 335 g/mol. The van der Waals surface area contributed by atoms with Crippen LogP contribution in [0.5, 0.6) is 11.5 Å². The molecule has 0 spiro atoms. The molecule has 0 amide bonds. The van der Waals surface area contributed by atoms with E-state index in [-0.39, 0.29) is 34.3 Å². The van der Waals surface area contributed by atoms with Crippen LogP contribution in [0.2, 0.25) is 0 Å². The zero-order valence-corrected chi connectivity index (χ0v) is 12.2. The minimum atomic E-state index is -4.51. The largest absolute Gasteiger partial charge is 0.507 e. The number of halogens is 3. The molecule has 1 aromatic heterocycles. The van der Waals surface area contributed by atoms with Crippen LogP contribution in [-0.4, -0.2) is 31.2 Å². The number of aromatic hydroxyl groups is 2. The molecule has 3 aromatic rings. The molecule has 2 aromatic carbocycles. The van der Waals surface area contributed by atoms with E-state index in [0.29, 0.717) is 4.68 Å². The Hall–Kier alpha value is -3.03. The van der Waals surface area contributed by atoms with E-state index in [1.54, 1.807) is 24.3 Å². The summed E-state index contributed by atoms with van der Waals surface area (Å²) in [6, 6.07) is 12.0. The Morgan fingerprint density at radius 3 is 1.96 bits per heavy atom. The number of para-hydroxylation sites is 2. The predicted octanol–water partition coefficient (Wildman–Crippen LogP) is 3.59. The summed E-state index contributed by atoms with van der Waals surface area (Å²) in [7, 11) is 0. The molecule has 0 atom stereocenters. The van der Waals surface area contributed by atoms with Crippen molar-refractivity contribution in [3.05, 3.63) is 48.5 Å². The molecule has 0 aliphatic heterocycles. The second kappa shape index (κ2) is 5.88. The van der Waals surface area contributed by atoms with Crippen LogP contribution >= 0.6 is 0 Å². The molecule has 0 saturated carbocycles. The number of hydrogen-bond donors (Lipinski definition) is 2. The molecule has 24 heavy (non-hydrogen) atoms. The lowest BCUT2D eigenvalue weighted by atomic mass is 10.2. The summed E-state index contributed by atoms with van der Waals surface area (Å²) in [4.78, 5) is 4.09. The Labute approximate surface area is 134 Å². The van der Waals surface area contributed by atoms with E-state index in [4.69, 9.17) is 0 Å². The molecule has 0 aliphatic rings. The van der Waals surface area contributed by atoms with Crippen LogP contribution < -0.4 is 0 Å². The molecule has 0 bridgehead atoms. The zero-order valence-electron chi connectivity index (χ0n) is 12.2. The standard InChI is InChI=1S/C16H12F3N3O2/c17-16(18,19)9-22-15(11-6-2-4-8-13(11)24)20-14(21-22)10-5-1-3-7-12(10)23/h1-8,23-24H,9H2. The molecule has 5 nitrogen and oxygen atoms in total. The Morgan fingerprint density at radius 1 is 0.875 bits per heavy atom. The van der Waals surface area contributed by atoms with Gasteiger partial charge in [0.1, 0.15) is 18.0 Å². The van der Waals surface area contributed by atoms with Gasteiger partial charge in [-0.1, -0.05) is 24.3 Å². The van der Waals surface area contributed by atoms with Crippen molar-refractivity contribution in [1.29, 1.82) is 0 Å². The maximum atomic E-state index is 12.8. The van der Waals surface area contributed by atoms with E-state index < -0.39 is 12.7 Å². The van der Waals surface area contributed by atoms with Crippen molar-refractivity contribution in [2.75, 3.05) is 0 Å². The van der Waals surface area contributed by atoms with Crippen LogP contribution in [0.25, 0.3) is 22.8 Å². The van der Waals surface area contributed by atoms with Crippen LogP contribution in [0.1, 0.15) is 0 Å². The fraction of sp³-hybridized carbons (Fsp3) is 0.125. The fourth-order valence-electron chi connectivity index (χ4n) is 2.26. The first kappa shape index (κ1) is 15.9. The summed E-state index contributed by atoms with van der Waals surface area (Å²) < 4.78 is 39.1. The van der Waals surface area contributed by atoms with Crippen molar-refractivity contribution in [2.24, 2.45) is 0 Å². The van der Waals surface area contributed by atoms with Gasteiger partial charge in [-0.15, -0.1) is 5.10 Å². The molecule has 0 fully saturated rings. The van der Waals surface area contributed by atoms with Crippen LogP contribution in [0.3, 0.4) is 0 Å². The number of phenolic OH excluding ortho intramolecular Hbond substituents is 2. The van der Waals surface area contributed by atoms with E-state index in [2.05, 4.69) is 10.1 Å². The molecule has 0 saturated heterocycles. The Balaban J connectivity index is 2.17. The first-order valence-corrected chi connectivity index (χ1v) is 6.93. The monoisotopic (exact) mass is 335 g/mol. The molecular formula is C16H12F3N3O2. The molecule has 1 heterocycles. The summed E-state index contributed by atoms with van der Waals surface area (Å²) in [5.74, 6) is -0.554. The predicted molar refractivity (Wildman–Crippen MR) is 80.3 cm³/mol. The van der Waals surface area contributed by atoms with Gasteiger partial charge in [0.2, 0.25) is 0 Å². The fourth-order valence-corrected chi connectivity index (χ4v) is 2.26. The summed E-state index contributed by atoms with van der Waals surface area (Å²) >= 11 is 0. The quantitative estimate of drug-likeness (QED) is 0.767. The average Bonchev–Trinajstić information content (AvgIpc) is 2.89. The van der Waals surface area contributed by atoms with Gasteiger partial charge in [0, 0.05) is 0 Å². The van der Waals surface area contributed by atoms with E-state index in [9.17, 15) is 23.4 Å². The second-order valence-electron chi connectivity index (χ2n) is 5.07. The molecule has 0 radical (unpaired) electrons. The zero-order chi connectivity index (χ0) is 17.3. The van der Waals surface area contributed by atoms with Crippen molar-refractivity contribution in [3.63, 3.8) is 0 Å². The number of phenols is 2. The third kappa shape index (κ3) is 3.17. The van der Waals surface area contributed by atoms with Crippen molar-refractivity contribution in [1.82, 2.24) is 14.8 Å². The number of aromatic nitrogens is 3. The van der Waals surface area contributed by atoms with E-state index in [1.807, 2.05) is 0 Å². The van der Waals surface area contributed by atoms with Crippen LogP contribution in [0.15, 0.2) is 48.5 Å². The molecule has 124 valence electrons. The number of hydrogen-bond acceptors (Lipinski definition) is 4. The molecule has 2 N–H and O–H groups in total. The smallest absolute Gasteiger partial charge is 0.408 e. The molecule has 0 unspecified atom stereocenters. The number of alkyl halides is 3. The number of rotatable bonds is 3. The van der Waals surface area contributed by atoms with Crippen molar-refractivity contribution in [2.45, 2.75) is 12.7 Å². The maximum Gasteiger partial charge on any atom is 0.408 e. The highest BCUT2D eigenvalue weighted by atomic mass is 19.4. The highest BCUT2D eigenvalue weighted by Crippen LogP contribution is 2.33. The van der Waals surface area contributed by atoms with Gasteiger partial charge in [-0.05, 0) is 24.3 Å². The second-order valence-corrected chi connectivity index (χ2v) is 5.07. The Bertz CT molecular complexity index is 875. The molecular weight excluding hydrogens is 323 g/mol. The van der Waals surface area contributed by atoms with Gasteiger partial charge in [-0.3, -0.25) is 0 Å². The normalized spacial score (nSPS) is 11.6. The lowest BCUT2D eigenvalue weighted by molar-refractivity contribution is -0.142. The SMILES string of the molecule is Oc1ccccc1-c1nc(-c2ccccc2O)n(CC(F)(F)F)n1. The topological polar surface area (TPSA) is 71.2 Å². The van der Waals surface area contributed by atoms with E-state index >= 15 is 0 Å². The number of benzene rings is 2. The number of nitrogens with zero attached hydrogens (tertiary/aromatic N) is 3. The highest BCUT2D eigenvalue weighted by molar-refractivity contribution is 5.69. The summed E-state index contributed by atoms with van der Waals surface area (Å²) in [6.07, 6.45) is -4.51. The summed E-state index contributed by atoms with van der Waals surface area (Å²) in [5, 5.41) is 23.6. The Morgan fingerprint density at radius 2 is 1.42 bits per heavy atom. The molecule has 3 rings (SSSR count). The summed E-state index contributed by atoms with van der Waals surface area (Å²) in [6.45, 7) is -1.36. The van der Waals surface area contributed by atoms with Gasteiger partial charge in [-0.2, -0.15) is 13.2 Å². The van der Waals surface area contributed by atoms with Gasteiger partial charge in [0.15, 0.2) is 11.6 Å².